The fourth-order valence-electron chi connectivity index (χ4n) is 0.786. The molecule has 1 atom stereocenters. The van der Waals surface area contributed by atoms with E-state index < -0.39 is 23.6 Å². The molecule has 6 nitrogen and oxygen atoms in total. The first kappa shape index (κ1) is 13.7. The van der Waals surface area contributed by atoms with Crippen LogP contribution in [0.15, 0.2) is 0 Å². The van der Waals surface area contributed by atoms with Crippen LogP contribution in [0.2, 0.25) is 0 Å². The minimum absolute atomic E-state index is 0.263. The zero-order chi connectivity index (χ0) is 12.1. The maximum absolute atomic E-state index is 11.1. The maximum Gasteiger partial charge on any atom is 0.407 e. The third kappa shape index (κ3) is 7.75. The standard InChI is InChI=1S/C9H19N3O3/c1-9(2,3)15-8(14)12-5-4-6(10)7(11)13/h6H,4-5,10H2,1-3H3,(H2,11,13)(H,12,14). The molecule has 0 aliphatic carbocycles. The van der Waals surface area contributed by atoms with Crippen LogP contribution in [0, 0.1) is 0 Å². The fraction of sp³-hybridized carbons (Fsp3) is 0.778. The van der Waals surface area contributed by atoms with Crippen LogP contribution in [0.3, 0.4) is 0 Å². The largest absolute Gasteiger partial charge is 0.444 e. The lowest BCUT2D eigenvalue weighted by Crippen LogP contribution is -2.40. The van der Waals surface area contributed by atoms with Gasteiger partial charge < -0.3 is 21.5 Å². The van der Waals surface area contributed by atoms with Crippen molar-refractivity contribution in [3.05, 3.63) is 0 Å². The van der Waals surface area contributed by atoms with E-state index in [1.54, 1.807) is 20.8 Å². The summed E-state index contributed by atoms with van der Waals surface area (Å²) < 4.78 is 4.97. The van der Waals surface area contributed by atoms with Gasteiger partial charge in [0.1, 0.15) is 5.60 Å². The quantitative estimate of drug-likeness (QED) is 0.601. The predicted octanol–water partition coefficient (Wildman–Crippen LogP) is -0.286. The van der Waals surface area contributed by atoms with Gasteiger partial charge in [0.25, 0.3) is 0 Å². The second kappa shape index (κ2) is 5.55. The summed E-state index contributed by atoms with van der Waals surface area (Å²) >= 11 is 0. The molecule has 88 valence electrons. The highest BCUT2D eigenvalue weighted by atomic mass is 16.6. The second-order valence-corrected chi connectivity index (χ2v) is 4.23. The summed E-state index contributed by atoms with van der Waals surface area (Å²) in [4.78, 5) is 21.7. The van der Waals surface area contributed by atoms with Crippen molar-refractivity contribution in [1.82, 2.24) is 5.32 Å². The summed E-state index contributed by atoms with van der Waals surface area (Å²) in [6.45, 7) is 5.56. The van der Waals surface area contributed by atoms with Crippen LogP contribution in [0.1, 0.15) is 27.2 Å². The minimum atomic E-state index is -0.736. The van der Waals surface area contributed by atoms with Gasteiger partial charge in [-0.2, -0.15) is 0 Å². The van der Waals surface area contributed by atoms with Gasteiger partial charge in [-0.15, -0.1) is 0 Å². The summed E-state index contributed by atoms with van der Waals surface area (Å²) in [6.07, 6.45) is -0.228. The van der Waals surface area contributed by atoms with E-state index in [-0.39, 0.29) is 6.54 Å². The number of hydrogen-bond acceptors (Lipinski definition) is 4. The van der Waals surface area contributed by atoms with Gasteiger partial charge in [-0.1, -0.05) is 0 Å². The Hall–Kier alpha value is -1.30. The molecule has 15 heavy (non-hydrogen) atoms. The third-order valence-electron chi connectivity index (χ3n) is 1.49. The lowest BCUT2D eigenvalue weighted by molar-refractivity contribution is -0.119. The highest BCUT2D eigenvalue weighted by Gasteiger charge is 2.16. The van der Waals surface area contributed by atoms with E-state index in [0.717, 1.165) is 0 Å². The van der Waals surface area contributed by atoms with Crippen molar-refractivity contribution in [3.63, 3.8) is 0 Å². The van der Waals surface area contributed by atoms with Gasteiger partial charge in [0.2, 0.25) is 5.91 Å². The third-order valence-corrected chi connectivity index (χ3v) is 1.49. The Balaban J connectivity index is 3.69. The molecule has 1 unspecified atom stereocenters. The predicted molar refractivity (Wildman–Crippen MR) is 56.0 cm³/mol. The second-order valence-electron chi connectivity index (χ2n) is 4.23. The molecule has 0 spiro atoms. The number of hydrogen-bond donors (Lipinski definition) is 3. The van der Waals surface area contributed by atoms with Crippen molar-refractivity contribution in [2.75, 3.05) is 6.54 Å². The first-order chi connectivity index (χ1) is 6.72. The zero-order valence-electron chi connectivity index (χ0n) is 9.37. The van der Waals surface area contributed by atoms with Gasteiger partial charge in [-0.3, -0.25) is 4.79 Å². The Bertz CT molecular complexity index is 235. The number of nitrogens with two attached hydrogens (primary N) is 2. The molecule has 2 amide bonds. The van der Waals surface area contributed by atoms with Gasteiger partial charge in [0, 0.05) is 6.54 Å². The van der Waals surface area contributed by atoms with E-state index in [2.05, 4.69) is 5.32 Å². The maximum atomic E-state index is 11.1. The average molecular weight is 217 g/mol. The number of rotatable bonds is 4. The van der Waals surface area contributed by atoms with E-state index >= 15 is 0 Å². The molecule has 0 saturated carbocycles. The number of primary amides is 1. The molecule has 0 aliphatic heterocycles. The van der Waals surface area contributed by atoms with Crippen LogP contribution in [-0.4, -0.2) is 30.2 Å². The number of carbonyl (C=O) groups is 2. The Morgan fingerprint density at radius 1 is 1.40 bits per heavy atom. The van der Waals surface area contributed by atoms with Crippen molar-refractivity contribution in [2.24, 2.45) is 11.5 Å². The molecule has 6 heteroatoms. The average Bonchev–Trinajstić information content (AvgIpc) is 2.00. The lowest BCUT2D eigenvalue weighted by Gasteiger charge is -2.19. The molecule has 5 N–H and O–H groups in total. The molecule has 0 rings (SSSR count). The SMILES string of the molecule is CC(C)(C)OC(=O)NCCC(N)C(N)=O. The molecular weight excluding hydrogens is 198 g/mol. The molecule has 0 aromatic carbocycles. The number of carbonyl (C=O) groups excluding carboxylic acids is 2. The van der Waals surface area contributed by atoms with Crippen LogP contribution in [0.4, 0.5) is 4.79 Å². The molecule has 0 bridgehead atoms. The molecule has 0 radical (unpaired) electrons. The van der Waals surface area contributed by atoms with Gasteiger partial charge in [0.05, 0.1) is 6.04 Å². The Morgan fingerprint density at radius 2 is 1.93 bits per heavy atom. The molecular formula is C9H19N3O3. The number of ether oxygens (including phenoxy) is 1. The summed E-state index contributed by atoms with van der Waals surface area (Å²) in [5.74, 6) is -0.582. The van der Waals surface area contributed by atoms with E-state index in [1.165, 1.54) is 0 Å². The number of nitrogens with one attached hydrogen (secondary N) is 1. The molecule has 0 heterocycles. The zero-order valence-corrected chi connectivity index (χ0v) is 9.37. The molecule has 0 aromatic rings. The first-order valence-electron chi connectivity index (χ1n) is 4.74. The summed E-state index contributed by atoms with van der Waals surface area (Å²) in [7, 11) is 0. The Labute approximate surface area is 89.3 Å². The van der Waals surface area contributed by atoms with Crippen LogP contribution in [0.5, 0.6) is 0 Å². The van der Waals surface area contributed by atoms with Crippen LogP contribution < -0.4 is 16.8 Å². The summed E-state index contributed by atoms with van der Waals surface area (Å²) in [5.41, 5.74) is 9.78. The minimum Gasteiger partial charge on any atom is -0.444 e. The van der Waals surface area contributed by atoms with Crippen molar-refractivity contribution in [3.8, 4) is 0 Å². The Morgan fingerprint density at radius 3 is 2.33 bits per heavy atom. The van der Waals surface area contributed by atoms with Gasteiger partial charge in [-0.05, 0) is 27.2 Å². The molecule has 0 fully saturated rings. The number of alkyl carbamates (subject to hydrolysis) is 1. The first-order valence-corrected chi connectivity index (χ1v) is 4.74. The van der Waals surface area contributed by atoms with Crippen molar-refractivity contribution in [2.45, 2.75) is 38.8 Å². The smallest absolute Gasteiger partial charge is 0.407 e. The van der Waals surface area contributed by atoms with Crippen molar-refractivity contribution >= 4 is 12.0 Å². The monoisotopic (exact) mass is 217 g/mol. The van der Waals surface area contributed by atoms with E-state index in [1.807, 2.05) is 0 Å². The highest BCUT2D eigenvalue weighted by molar-refractivity contribution is 5.79. The van der Waals surface area contributed by atoms with Crippen molar-refractivity contribution < 1.29 is 14.3 Å². The van der Waals surface area contributed by atoms with Crippen LogP contribution in [0.25, 0.3) is 0 Å². The lowest BCUT2D eigenvalue weighted by atomic mass is 10.2. The molecule has 0 saturated heterocycles. The van der Waals surface area contributed by atoms with Crippen LogP contribution >= 0.6 is 0 Å². The Kier molecular flexibility index (Phi) is 5.07. The number of amides is 2. The van der Waals surface area contributed by atoms with Gasteiger partial charge in [-0.25, -0.2) is 4.79 Å². The van der Waals surface area contributed by atoms with Gasteiger partial charge in [0.15, 0.2) is 0 Å². The topological polar surface area (TPSA) is 107 Å². The van der Waals surface area contributed by atoms with E-state index in [4.69, 9.17) is 16.2 Å². The normalized spacial score (nSPS) is 13.1. The molecule has 0 aliphatic rings. The summed E-state index contributed by atoms with van der Waals surface area (Å²) in [5, 5.41) is 2.48. The van der Waals surface area contributed by atoms with E-state index in [9.17, 15) is 9.59 Å². The highest BCUT2D eigenvalue weighted by Crippen LogP contribution is 2.06. The van der Waals surface area contributed by atoms with Crippen LogP contribution in [-0.2, 0) is 9.53 Å². The van der Waals surface area contributed by atoms with E-state index in [0.29, 0.717) is 6.42 Å². The van der Waals surface area contributed by atoms with Gasteiger partial charge >= 0.3 is 6.09 Å². The van der Waals surface area contributed by atoms with Crippen molar-refractivity contribution in [1.29, 1.82) is 0 Å². The molecule has 0 aromatic heterocycles. The fourth-order valence-corrected chi connectivity index (χ4v) is 0.786. The summed E-state index contributed by atoms with van der Waals surface area (Å²) in [6, 6.07) is -0.736.